The van der Waals surface area contributed by atoms with Crippen LogP contribution in [0.15, 0.2) is 78.9 Å². The number of rotatable bonds is 3. The molecule has 0 amide bonds. The van der Waals surface area contributed by atoms with E-state index >= 15 is 4.39 Å². The lowest BCUT2D eigenvalue weighted by molar-refractivity contribution is 0.643. The van der Waals surface area contributed by atoms with Gasteiger partial charge in [-0.25, -0.2) is 4.39 Å². The van der Waals surface area contributed by atoms with Gasteiger partial charge in [0.05, 0.1) is 11.6 Å². The maximum Gasteiger partial charge on any atom is 0.138 e. The van der Waals surface area contributed by atoms with Crippen LogP contribution in [-0.4, -0.2) is 0 Å². The molecule has 0 saturated carbocycles. The van der Waals surface area contributed by atoms with E-state index in [1.54, 1.807) is 12.1 Å². The molecule has 130 valence electrons. The first-order valence-corrected chi connectivity index (χ1v) is 9.01. The maximum absolute atomic E-state index is 15.1. The summed E-state index contributed by atoms with van der Waals surface area (Å²) in [6.07, 6.45) is 0.941. The molecule has 0 spiro atoms. The predicted octanol–water partition coefficient (Wildman–Crippen LogP) is 6.75. The minimum absolute atomic E-state index is 0.179. The molecule has 27 heavy (non-hydrogen) atoms. The Morgan fingerprint density at radius 2 is 1.41 bits per heavy atom. The molecule has 1 nitrogen and oxygen atoms in total. The van der Waals surface area contributed by atoms with E-state index in [1.807, 2.05) is 60.7 Å². The van der Waals surface area contributed by atoms with Gasteiger partial charge in [0, 0.05) is 10.9 Å². The van der Waals surface area contributed by atoms with Crippen molar-refractivity contribution in [2.75, 3.05) is 0 Å². The molecule has 0 aromatic heterocycles. The van der Waals surface area contributed by atoms with Crippen LogP contribution in [0.4, 0.5) is 4.39 Å². The average molecular weight is 351 g/mol. The zero-order valence-electron chi connectivity index (χ0n) is 15.0. The van der Waals surface area contributed by atoms with Crippen molar-refractivity contribution in [1.29, 1.82) is 5.26 Å². The molecular formula is C25H18FN. The highest BCUT2D eigenvalue weighted by atomic mass is 19.1. The smallest absolute Gasteiger partial charge is 0.138 e. The highest BCUT2D eigenvalue weighted by Gasteiger charge is 2.10. The molecule has 0 aliphatic heterocycles. The number of benzene rings is 4. The molecule has 0 heterocycles. The molecule has 4 aromatic carbocycles. The molecule has 0 N–H and O–H groups in total. The Kier molecular flexibility index (Phi) is 4.44. The van der Waals surface area contributed by atoms with E-state index in [-0.39, 0.29) is 5.82 Å². The highest BCUT2D eigenvalue weighted by molar-refractivity contribution is 5.89. The van der Waals surface area contributed by atoms with Crippen LogP contribution >= 0.6 is 0 Å². The largest absolute Gasteiger partial charge is 0.206 e. The van der Waals surface area contributed by atoms with Crippen LogP contribution in [0.1, 0.15) is 18.1 Å². The van der Waals surface area contributed by atoms with Gasteiger partial charge in [0.15, 0.2) is 0 Å². The second-order valence-electron chi connectivity index (χ2n) is 6.60. The van der Waals surface area contributed by atoms with Crippen molar-refractivity contribution in [2.45, 2.75) is 13.3 Å². The molecule has 2 heteroatoms. The van der Waals surface area contributed by atoms with Gasteiger partial charge in [-0.2, -0.15) is 5.26 Å². The number of fused-ring (bicyclic) bond motifs is 1. The van der Waals surface area contributed by atoms with E-state index in [0.717, 1.165) is 28.5 Å². The van der Waals surface area contributed by atoms with Crippen molar-refractivity contribution in [2.24, 2.45) is 0 Å². The summed E-state index contributed by atoms with van der Waals surface area (Å²) in [6.45, 7) is 2.10. The SMILES string of the molecule is CCc1ccc2c(F)c(-c3ccc(-c4ccc(C#N)cc4)cc3)ccc2c1. The quantitative estimate of drug-likeness (QED) is 0.400. The van der Waals surface area contributed by atoms with E-state index in [4.69, 9.17) is 5.26 Å². The van der Waals surface area contributed by atoms with Gasteiger partial charge in [0.25, 0.3) is 0 Å². The lowest BCUT2D eigenvalue weighted by Gasteiger charge is -2.09. The van der Waals surface area contributed by atoms with Crippen molar-refractivity contribution in [3.8, 4) is 28.3 Å². The van der Waals surface area contributed by atoms with Gasteiger partial charge >= 0.3 is 0 Å². The molecular weight excluding hydrogens is 333 g/mol. The summed E-state index contributed by atoms with van der Waals surface area (Å²) in [4.78, 5) is 0. The Labute approximate surface area is 158 Å². The number of halogens is 1. The minimum Gasteiger partial charge on any atom is -0.206 e. The van der Waals surface area contributed by atoms with E-state index in [9.17, 15) is 0 Å². The van der Waals surface area contributed by atoms with Crippen molar-refractivity contribution in [3.05, 3.63) is 95.8 Å². The first-order chi connectivity index (χ1) is 13.2. The zero-order valence-corrected chi connectivity index (χ0v) is 15.0. The van der Waals surface area contributed by atoms with Crippen LogP contribution in [0.3, 0.4) is 0 Å². The van der Waals surface area contributed by atoms with E-state index in [1.165, 1.54) is 5.56 Å². The number of hydrogen-bond donors (Lipinski definition) is 0. The number of aryl methyl sites for hydroxylation is 1. The van der Waals surface area contributed by atoms with E-state index in [0.29, 0.717) is 16.5 Å². The van der Waals surface area contributed by atoms with Crippen LogP contribution in [0.5, 0.6) is 0 Å². The first kappa shape index (κ1) is 17.0. The zero-order chi connectivity index (χ0) is 18.8. The molecule has 0 aliphatic carbocycles. The Bertz CT molecular complexity index is 1150. The van der Waals surface area contributed by atoms with Crippen molar-refractivity contribution >= 4 is 10.8 Å². The molecule has 4 aromatic rings. The average Bonchev–Trinajstić information content (AvgIpc) is 2.74. The number of hydrogen-bond acceptors (Lipinski definition) is 1. The minimum atomic E-state index is -0.179. The summed E-state index contributed by atoms with van der Waals surface area (Å²) in [6, 6.07) is 27.2. The third-order valence-corrected chi connectivity index (χ3v) is 4.97. The van der Waals surface area contributed by atoms with Crippen LogP contribution < -0.4 is 0 Å². The van der Waals surface area contributed by atoms with Crippen LogP contribution in [0, 0.1) is 17.1 Å². The Morgan fingerprint density at radius 3 is 2.04 bits per heavy atom. The third-order valence-electron chi connectivity index (χ3n) is 4.97. The van der Waals surface area contributed by atoms with Gasteiger partial charge in [0.1, 0.15) is 5.82 Å². The molecule has 0 aliphatic rings. The van der Waals surface area contributed by atoms with Gasteiger partial charge in [0.2, 0.25) is 0 Å². The Hall–Kier alpha value is -3.44. The summed E-state index contributed by atoms with van der Waals surface area (Å²) < 4.78 is 15.1. The summed E-state index contributed by atoms with van der Waals surface area (Å²) in [5.74, 6) is -0.179. The third kappa shape index (κ3) is 3.20. The van der Waals surface area contributed by atoms with Gasteiger partial charge in [-0.05, 0) is 46.2 Å². The summed E-state index contributed by atoms with van der Waals surface area (Å²) in [5.41, 5.74) is 5.38. The van der Waals surface area contributed by atoms with Crippen molar-refractivity contribution < 1.29 is 4.39 Å². The fraction of sp³-hybridized carbons (Fsp3) is 0.0800. The molecule has 0 radical (unpaired) electrons. The number of nitrogens with zero attached hydrogens (tertiary/aromatic N) is 1. The van der Waals surface area contributed by atoms with Crippen molar-refractivity contribution in [1.82, 2.24) is 0 Å². The summed E-state index contributed by atoms with van der Waals surface area (Å²) in [5, 5.41) is 10.5. The van der Waals surface area contributed by atoms with Crippen molar-refractivity contribution in [3.63, 3.8) is 0 Å². The molecule has 0 bridgehead atoms. The van der Waals surface area contributed by atoms with Crippen LogP contribution in [-0.2, 0) is 6.42 Å². The van der Waals surface area contributed by atoms with Crippen LogP contribution in [0.2, 0.25) is 0 Å². The Morgan fingerprint density at radius 1 is 0.778 bits per heavy atom. The fourth-order valence-corrected chi connectivity index (χ4v) is 3.36. The second kappa shape index (κ2) is 7.05. The monoisotopic (exact) mass is 351 g/mol. The van der Waals surface area contributed by atoms with Gasteiger partial charge < -0.3 is 0 Å². The van der Waals surface area contributed by atoms with Crippen LogP contribution in [0.25, 0.3) is 33.0 Å². The highest BCUT2D eigenvalue weighted by Crippen LogP contribution is 2.31. The molecule has 0 atom stereocenters. The Balaban J connectivity index is 1.71. The van der Waals surface area contributed by atoms with Gasteiger partial charge in [-0.3, -0.25) is 0 Å². The molecule has 4 rings (SSSR count). The standard InChI is InChI=1S/C25H18FN/c1-2-17-5-13-24-22(15-17)12-14-23(25(24)26)21-10-8-20(9-11-21)19-6-3-18(16-27)4-7-19/h3-15H,2H2,1H3. The summed E-state index contributed by atoms with van der Waals surface area (Å²) in [7, 11) is 0. The second-order valence-corrected chi connectivity index (χ2v) is 6.60. The predicted molar refractivity (Wildman–Crippen MR) is 109 cm³/mol. The maximum atomic E-state index is 15.1. The molecule has 0 fully saturated rings. The number of nitriles is 1. The molecule has 0 unspecified atom stereocenters. The van der Waals surface area contributed by atoms with E-state index < -0.39 is 0 Å². The molecule has 0 saturated heterocycles. The lowest BCUT2D eigenvalue weighted by atomic mass is 9.96. The van der Waals surface area contributed by atoms with Gasteiger partial charge in [-0.1, -0.05) is 73.7 Å². The van der Waals surface area contributed by atoms with Gasteiger partial charge in [-0.15, -0.1) is 0 Å². The normalized spacial score (nSPS) is 10.7. The fourth-order valence-electron chi connectivity index (χ4n) is 3.36. The first-order valence-electron chi connectivity index (χ1n) is 9.01. The van der Waals surface area contributed by atoms with E-state index in [2.05, 4.69) is 19.1 Å². The lowest BCUT2D eigenvalue weighted by Crippen LogP contribution is -1.89. The topological polar surface area (TPSA) is 23.8 Å². The summed E-state index contributed by atoms with van der Waals surface area (Å²) >= 11 is 0.